The molecule has 0 spiro atoms. The zero-order valence-corrected chi connectivity index (χ0v) is 10.1. The van der Waals surface area contributed by atoms with Crippen molar-refractivity contribution in [3.05, 3.63) is 0 Å². The largest absolute Gasteiger partial charge is 0.216 e. The molecule has 4 heteroatoms. The molecule has 0 N–H and O–H groups in total. The number of hydrogen-bond acceptors (Lipinski definition) is 2. The van der Waals surface area contributed by atoms with Gasteiger partial charge in [0.2, 0.25) is 10.0 Å². The summed E-state index contributed by atoms with van der Waals surface area (Å²) in [4.78, 5) is 0. The molecular weight excluding hydrogens is 186 g/mol. The van der Waals surface area contributed by atoms with E-state index in [1.165, 1.54) is 0 Å². The summed E-state index contributed by atoms with van der Waals surface area (Å²) in [5.41, 5.74) is 0. The average molecular weight is 207 g/mol. The van der Waals surface area contributed by atoms with Gasteiger partial charge in [0.1, 0.15) is 0 Å². The molecule has 0 heterocycles. The highest BCUT2D eigenvalue weighted by Crippen LogP contribution is 2.12. The van der Waals surface area contributed by atoms with Crippen LogP contribution in [0.2, 0.25) is 0 Å². The van der Waals surface area contributed by atoms with Crippen molar-refractivity contribution in [2.75, 3.05) is 6.54 Å². The van der Waals surface area contributed by atoms with Crippen molar-refractivity contribution in [1.82, 2.24) is 4.31 Å². The highest BCUT2D eigenvalue weighted by atomic mass is 32.2. The van der Waals surface area contributed by atoms with E-state index in [4.69, 9.17) is 0 Å². The Morgan fingerprint density at radius 2 is 1.62 bits per heavy atom. The summed E-state index contributed by atoms with van der Waals surface area (Å²) in [6.07, 6.45) is 0.865. The fourth-order valence-electron chi connectivity index (χ4n) is 1.17. The summed E-state index contributed by atoms with van der Waals surface area (Å²) < 4.78 is 25.2. The minimum Gasteiger partial charge on any atom is -0.212 e. The summed E-state index contributed by atoms with van der Waals surface area (Å²) in [7, 11) is -3.07. The zero-order chi connectivity index (χ0) is 10.6. The van der Waals surface area contributed by atoms with Gasteiger partial charge in [0, 0.05) is 12.6 Å². The van der Waals surface area contributed by atoms with Crippen LogP contribution in [0.3, 0.4) is 0 Å². The van der Waals surface area contributed by atoms with Gasteiger partial charge in [-0.3, -0.25) is 0 Å². The third-order valence-corrected chi connectivity index (χ3v) is 4.39. The summed E-state index contributed by atoms with van der Waals surface area (Å²) in [5, 5.41) is -0.318. The van der Waals surface area contributed by atoms with Gasteiger partial charge < -0.3 is 0 Å². The van der Waals surface area contributed by atoms with Gasteiger partial charge in [0.05, 0.1) is 5.25 Å². The zero-order valence-electron chi connectivity index (χ0n) is 9.24. The monoisotopic (exact) mass is 207 g/mol. The minimum absolute atomic E-state index is 0.0624. The van der Waals surface area contributed by atoms with E-state index in [2.05, 4.69) is 0 Å². The summed E-state index contributed by atoms with van der Waals surface area (Å²) >= 11 is 0. The van der Waals surface area contributed by atoms with Crippen LogP contribution in [0.15, 0.2) is 0 Å². The van der Waals surface area contributed by atoms with Crippen LogP contribution in [0.5, 0.6) is 0 Å². The Kier molecular flexibility index (Phi) is 4.92. The second-order valence-corrected chi connectivity index (χ2v) is 6.24. The van der Waals surface area contributed by atoms with E-state index in [0.29, 0.717) is 6.54 Å². The standard InChI is InChI=1S/C9H21NO2S/c1-6-7-10(8(2)3)13(11,12)9(4)5/h8-9H,6-7H2,1-5H3. The number of sulfonamides is 1. The Morgan fingerprint density at radius 3 is 1.85 bits per heavy atom. The third-order valence-electron chi connectivity index (χ3n) is 1.94. The molecule has 0 unspecified atom stereocenters. The van der Waals surface area contributed by atoms with Gasteiger partial charge in [-0.05, 0) is 34.1 Å². The molecule has 0 saturated heterocycles. The molecular formula is C9H21NO2S. The molecule has 3 nitrogen and oxygen atoms in total. The number of hydrogen-bond donors (Lipinski definition) is 0. The fourth-order valence-corrected chi connectivity index (χ4v) is 2.74. The van der Waals surface area contributed by atoms with Gasteiger partial charge in [-0.25, -0.2) is 8.42 Å². The van der Waals surface area contributed by atoms with E-state index in [0.717, 1.165) is 6.42 Å². The predicted molar refractivity (Wildman–Crippen MR) is 56.2 cm³/mol. The maximum atomic E-state index is 11.8. The average Bonchev–Trinajstić information content (AvgIpc) is 1.98. The first-order chi connectivity index (χ1) is 5.84. The van der Waals surface area contributed by atoms with Gasteiger partial charge in [0.15, 0.2) is 0 Å². The molecule has 13 heavy (non-hydrogen) atoms. The minimum atomic E-state index is -3.07. The first kappa shape index (κ1) is 12.9. The first-order valence-electron chi connectivity index (χ1n) is 4.84. The smallest absolute Gasteiger partial charge is 0.212 e. The fraction of sp³-hybridized carbons (Fsp3) is 1.00. The second kappa shape index (κ2) is 4.96. The van der Waals surface area contributed by atoms with Crippen LogP contribution >= 0.6 is 0 Å². The quantitative estimate of drug-likeness (QED) is 0.690. The molecule has 0 aliphatic heterocycles. The predicted octanol–water partition coefficient (Wildman–Crippen LogP) is 1.84. The SMILES string of the molecule is CCCN(C(C)C)S(=O)(=O)C(C)C. The normalized spacial score (nSPS) is 13.2. The second-order valence-electron chi connectivity index (χ2n) is 3.80. The maximum absolute atomic E-state index is 11.8. The maximum Gasteiger partial charge on any atom is 0.216 e. The topological polar surface area (TPSA) is 37.4 Å². The molecule has 0 saturated carbocycles. The van der Waals surface area contributed by atoms with Crippen molar-refractivity contribution >= 4 is 10.0 Å². The molecule has 0 aromatic carbocycles. The van der Waals surface area contributed by atoms with Crippen LogP contribution in [-0.4, -0.2) is 30.6 Å². The van der Waals surface area contributed by atoms with Crippen molar-refractivity contribution in [3.8, 4) is 0 Å². The van der Waals surface area contributed by atoms with E-state index in [1.54, 1.807) is 18.2 Å². The van der Waals surface area contributed by atoms with E-state index in [-0.39, 0.29) is 11.3 Å². The summed E-state index contributed by atoms with van der Waals surface area (Å²) in [6.45, 7) is 9.88. The first-order valence-corrected chi connectivity index (χ1v) is 6.35. The van der Waals surface area contributed by atoms with Crippen LogP contribution in [0.25, 0.3) is 0 Å². The molecule has 0 atom stereocenters. The van der Waals surface area contributed by atoms with Gasteiger partial charge in [0.25, 0.3) is 0 Å². The molecule has 0 radical (unpaired) electrons. The molecule has 0 amide bonds. The van der Waals surface area contributed by atoms with E-state index >= 15 is 0 Å². The van der Waals surface area contributed by atoms with Crippen LogP contribution in [0, 0.1) is 0 Å². The Hall–Kier alpha value is -0.0900. The molecule has 0 aliphatic rings. The van der Waals surface area contributed by atoms with Crippen molar-refractivity contribution in [2.45, 2.75) is 52.3 Å². The van der Waals surface area contributed by atoms with Crippen LogP contribution in [0.1, 0.15) is 41.0 Å². The number of nitrogens with zero attached hydrogens (tertiary/aromatic N) is 1. The molecule has 0 aromatic heterocycles. The van der Waals surface area contributed by atoms with E-state index in [9.17, 15) is 8.42 Å². The van der Waals surface area contributed by atoms with Crippen molar-refractivity contribution in [2.24, 2.45) is 0 Å². The lowest BCUT2D eigenvalue weighted by Gasteiger charge is -2.27. The lowest BCUT2D eigenvalue weighted by molar-refractivity contribution is 0.350. The molecule has 0 aromatic rings. The van der Waals surface area contributed by atoms with Crippen molar-refractivity contribution in [3.63, 3.8) is 0 Å². The lowest BCUT2D eigenvalue weighted by atomic mass is 10.4. The Labute approximate surface area is 82.2 Å². The van der Waals surface area contributed by atoms with Gasteiger partial charge in [-0.15, -0.1) is 0 Å². The van der Waals surface area contributed by atoms with Crippen LogP contribution < -0.4 is 0 Å². The van der Waals surface area contributed by atoms with Gasteiger partial charge >= 0.3 is 0 Å². The summed E-state index contributed by atoms with van der Waals surface area (Å²) in [6, 6.07) is 0.0624. The Bertz CT molecular complexity index is 232. The van der Waals surface area contributed by atoms with Crippen molar-refractivity contribution in [1.29, 1.82) is 0 Å². The number of rotatable bonds is 5. The van der Waals surface area contributed by atoms with Crippen LogP contribution in [-0.2, 0) is 10.0 Å². The molecule has 0 fully saturated rings. The van der Waals surface area contributed by atoms with E-state index in [1.807, 2.05) is 20.8 Å². The molecule has 80 valence electrons. The third kappa shape index (κ3) is 3.27. The Morgan fingerprint density at radius 1 is 1.15 bits per heavy atom. The highest BCUT2D eigenvalue weighted by molar-refractivity contribution is 7.89. The highest BCUT2D eigenvalue weighted by Gasteiger charge is 2.26. The lowest BCUT2D eigenvalue weighted by Crippen LogP contribution is -2.41. The molecule has 0 rings (SSSR count). The van der Waals surface area contributed by atoms with Gasteiger partial charge in [-0.1, -0.05) is 6.92 Å². The van der Waals surface area contributed by atoms with Crippen molar-refractivity contribution < 1.29 is 8.42 Å². The van der Waals surface area contributed by atoms with Crippen LogP contribution in [0.4, 0.5) is 0 Å². The molecule has 0 bridgehead atoms. The van der Waals surface area contributed by atoms with Gasteiger partial charge in [-0.2, -0.15) is 4.31 Å². The molecule has 0 aliphatic carbocycles. The summed E-state index contributed by atoms with van der Waals surface area (Å²) in [5.74, 6) is 0. The van der Waals surface area contributed by atoms with E-state index < -0.39 is 10.0 Å². The Balaban J connectivity index is 4.74.